The molecule has 0 spiro atoms. The van der Waals surface area contributed by atoms with Crippen LogP contribution in [0.5, 0.6) is 5.75 Å². The summed E-state index contributed by atoms with van der Waals surface area (Å²) in [7, 11) is 0. The van der Waals surface area contributed by atoms with E-state index >= 15 is 0 Å². The van der Waals surface area contributed by atoms with Gasteiger partial charge in [0, 0.05) is 35.5 Å². The van der Waals surface area contributed by atoms with E-state index in [1.54, 1.807) is 24.3 Å². The van der Waals surface area contributed by atoms with Crippen molar-refractivity contribution in [3.8, 4) is 17.1 Å². The van der Waals surface area contributed by atoms with E-state index in [4.69, 9.17) is 4.74 Å². The second kappa shape index (κ2) is 10.9. The van der Waals surface area contributed by atoms with E-state index in [0.717, 1.165) is 42.2 Å². The minimum Gasteiger partial charge on any atom is -0.507 e. The number of phenolic OH excluding ortho intramolecular Hbond substituents is 1. The second-order valence-electron chi connectivity index (χ2n) is 7.35. The Kier molecular flexibility index (Phi) is 7.69. The number of rotatable bonds is 8. The molecule has 0 atom stereocenters. The minimum atomic E-state index is -0.140. The fraction of sp³-hybridized carbons (Fsp3) is 0.261. The van der Waals surface area contributed by atoms with Crippen LogP contribution < -0.4 is 10.2 Å². The zero-order valence-corrected chi connectivity index (χ0v) is 20.3. The average Bonchev–Trinajstić information content (AvgIpc) is 3.23. The van der Waals surface area contributed by atoms with Gasteiger partial charge >= 0.3 is 0 Å². The third-order valence-corrected chi connectivity index (χ3v) is 6.55. The number of carbonyl (C=O) groups is 1. The molecule has 1 amide bonds. The zero-order valence-electron chi connectivity index (χ0n) is 17.9. The van der Waals surface area contributed by atoms with E-state index in [1.165, 1.54) is 11.8 Å². The van der Waals surface area contributed by atoms with Crippen molar-refractivity contribution in [3.63, 3.8) is 0 Å². The first kappa shape index (κ1) is 23.3. The number of amides is 1. The minimum absolute atomic E-state index is 0.103. The number of carbonyl (C=O) groups excluding carboxylic acids is 1. The maximum absolute atomic E-state index is 12.5. The predicted octanol–water partition coefficient (Wildman–Crippen LogP) is 4.17. The SMILES string of the molecule is C=CCn1c(SCC(=O)Nc2ccc(N3CCOCC3)cc2)nnc1-c1cc(Br)ccc1O. The Labute approximate surface area is 204 Å². The van der Waals surface area contributed by atoms with Crippen LogP contribution in [0.2, 0.25) is 0 Å². The molecule has 1 fully saturated rings. The molecule has 0 radical (unpaired) electrons. The Balaban J connectivity index is 1.40. The number of aromatic hydroxyl groups is 1. The summed E-state index contributed by atoms with van der Waals surface area (Å²) in [6, 6.07) is 12.9. The molecule has 1 saturated heterocycles. The maximum Gasteiger partial charge on any atom is 0.234 e. The lowest BCUT2D eigenvalue weighted by Gasteiger charge is -2.28. The quantitative estimate of drug-likeness (QED) is 0.334. The highest BCUT2D eigenvalue weighted by Gasteiger charge is 2.18. The number of thioether (sulfide) groups is 1. The van der Waals surface area contributed by atoms with Gasteiger partial charge in [-0.15, -0.1) is 16.8 Å². The Morgan fingerprint density at radius 1 is 1.21 bits per heavy atom. The number of benzene rings is 2. The summed E-state index contributed by atoms with van der Waals surface area (Å²) in [6.07, 6.45) is 1.72. The highest BCUT2D eigenvalue weighted by atomic mass is 79.9. The number of hydrogen-bond donors (Lipinski definition) is 2. The largest absolute Gasteiger partial charge is 0.507 e. The van der Waals surface area contributed by atoms with Gasteiger partial charge in [-0.2, -0.15) is 0 Å². The summed E-state index contributed by atoms with van der Waals surface area (Å²) in [5, 5.41) is 22.2. The first-order chi connectivity index (χ1) is 16.0. The van der Waals surface area contributed by atoms with Crippen molar-refractivity contribution in [2.24, 2.45) is 0 Å². The van der Waals surface area contributed by atoms with Gasteiger partial charge in [0.25, 0.3) is 0 Å². The number of anilines is 2. The van der Waals surface area contributed by atoms with Crippen LogP contribution in [0.4, 0.5) is 11.4 Å². The maximum atomic E-state index is 12.5. The van der Waals surface area contributed by atoms with Crippen LogP contribution in [0.25, 0.3) is 11.4 Å². The Hall–Kier alpha value is -2.82. The summed E-state index contributed by atoms with van der Waals surface area (Å²) in [6.45, 7) is 7.44. The average molecular weight is 530 g/mol. The molecule has 1 aromatic heterocycles. The van der Waals surface area contributed by atoms with Gasteiger partial charge in [0.05, 0.1) is 24.5 Å². The van der Waals surface area contributed by atoms with E-state index in [0.29, 0.717) is 23.1 Å². The van der Waals surface area contributed by atoms with Crippen molar-refractivity contribution in [2.75, 3.05) is 42.3 Å². The van der Waals surface area contributed by atoms with Gasteiger partial charge in [-0.3, -0.25) is 9.36 Å². The van der Waals surface area contributed by atoms with Crippen molar-refractivity contribution in [2.45, 2.75) is 11.7 Å². The van der Waals surface area contributed by atoms with Crippen LogP contribution in [0, 0.1) is 0 Å². The third kappa shape index (κ3) is 5.76. The molecule has 8 nitrogen and oxygen atoms in total. The molecule has 0 unspecified atom stereocenters. The van der Waals surface area contributed by atoms with Gasteiger partial charge in [0.2, 0.25) is 5.91 Å². The second-order valence-corrected chi connectivity index (χ2v) is 9.21. The number of halogens is 1. The molecular formula is C23H24BrN5O3S. The smallest absolute Gasteiger partial charge is 0.234 e. The highest BCUT2D eigenvalue weighted by molar-refractivity contribution is 9.10. The standard InChI is InChI=1S/C23H24BrN5O3S/c1-2-9-29-22(19-14-16(24)3-8-20(19)30)26-27-23(29)33-15-21(31)25-17-4-6-18(7-5-17)28-10-12-32-13-11-28/h2-8,14,30H,1,9-13,15H2,(H,25,31). The monoisotopic (exact) mass is 529 g/mol. The molecule has 1 aliphatic rings. The topological polar surface area (TPSA) is 92.5 Å². The van der Waals surface area contributed by atoms with Gasteiger partial charge < -0.3 is 20.1 Å². The van der Waals surface area contributed by atoms with Gasteiger partial charge in [0.1, 0.15) is 5.75 Å². The van der Waals surface area contributed by atoms with E-state index in [1.807, 2.05) is 28.8 Å². The van der Waals surface area contributed by atoms with Crippen molar-refractivity contribution >= 4 is 45.0 Å². The Morgan fingerprint density at radius 2 is 1.97 bits per heavy atom. The molecule has 3 aromatic rings. The molecule has 4 rings (SSSR count). The molecule has 0 aliphatic carbocycles. The first-order valence-corrected chi connectivity index (χ1v) is 12.2. The molecule has 0 saturated carbocycles. The number of nitrogens with zero attached hydrogens (tertiary/aromatic N) is 4. The van der Waals surface area contributed by atoms with E-state index < -0.39 is 0 Å². The van der Waals surface area contributed by atoms with Crippen molar-refractivity contribution in [3.05, 3.63) is 59.6 Å². The fourth-order valence-electron chi connectivity index (χ4n) is 3.48. The van der Waals surface area contributed by atoms with Crippen LogP contribution in [-0.2, 0) is 16.1 Å². The van der Waals surface area contributed by atoms with Crippen LogP contribution >= 0.6 is 27.7 Å². The lowest BCUT2D eigenvalue weighted by atomic mass is 10.2. The number of morpholine rings is 1. The summed E-state index contributed by atoms with van der Waals surface area (Å²) < 4.78 is 8.03. The van der Waals surface area contributed by atoms with Crippen LogP contribution in [0.15, 0.2) is 64.7 Å². The van der Waals surface area contributed by atoms with Gasteiger partial charge in [-0.05, 0) is 42.5 Å². The van der Waals surface area contributed by atoms with Crippen molar-refractivity contribution in [1.82, 2.24) is 14.8 Å². The van der Waals surface area contributed by atoms with E-state index in [9.17, 15) is 9.90 Å². The number of phenols is 1. The molecule has 10 heteroatoms. The fourth-order valence-corrected chi connectivity index (χ4v) is 4.59. The molecule has 2 aromatic carbocycles. The molecule has 2 N–H and O–H groups in total. The van der Waals surface area contributed by atoms with Crippen LogP contribution in [0.1, 0.15) is 0 Å². The van der Waals surface area contributed by atoms with Crippen LogP contribution in [0.3, 0.4) is 0 Å². The predicted molar refractivity (Wildman–Crippen MR) is 134 cm³/mol. The molecule has 172 valence electrons. The third-order valence-electron chi connectivity index (χ3n) is 5.09. The zero-order chi connectivity index (χ0) is 23.2. The number of allylic oxidation sites excluding steroid dienone is 1. The summed E-state index contributed by atoms with van der Waals surface area (Å²) in [5.41, 5.74) is 2.41. The van der Waals surface area contributed by atoms with E-state index in [-0.39, 0.29) is 17.4 Å². The lowest BCUT2D eigenvalue weighted by molar-refractivity contribution is -0.113. The molecule has 0 bridgehead atoms. The van der Waals surface area contributed by atoms with Crippen molar-refractivity contribution in [1.29, 1.82) is 0 Å². The number of ether oxygens (including phenoxy) is 1. The molecular weight excluding hydrogens is 506 g/mol. The van der Waals surface area contributed by atoms with Crippen molar-refractivity contribution < 1.29 is 14.6 Å². The Bertz CT molecular complexity index is 1130. The summed E-state index contributed by atoms with van der Waals surface area (Å²) >= 11 is 4.70. The first-order valence-electron chi connectivity index (χ1n) is 10.4. The molecule has 1 aliphatic heterocycles. The number of aromatic nitrogens is 3. The summed E-state index contributed by atoms with van der Waals surface area (Å²) in [4.78, 5) is 14.8. The van der Waals surface area contributed by atoms with Gasteiger partial charge in [0.15, 0.2) is 11.0 Å². The molecule has 33 heavy (non-hydrogen) atoms. The van der Waals surface area contributed by atoms with E-state index in [2.05, 4.69) is 42.9 Å². The summed E-state index contributed by atoms with van der Waals surface area (Å²) in [5.74, 6) is 0.644. The lowest BCUT2D eigenvalue weighted by Crippen LogP contribution is -2.36. The normalized spacial score (nSPS) is 13.7. The number of nitrogens with one attached hydrogen (secondary N) is 1. The van der Waals surface area contributed by atoms with Gasteiger partial charge in [-0.25, -0.2) is 0 Å². The van der Waals surface area contributed by atoms with Gasteiger partial charge in [-0.1, -0.05) is 33.8 Å². The van der Waals surface area contributed by atoms with Crippen LogP contribution in [-0.4, -0.2) is 57.8 Å². The molecule has 2 heterocycles. The number of hydrogen-bond acceptors (Lipinski definition) is 7. The Morgan fingerprint density at radius 3 is 2.70 bits per heavy atom. The highest BCUT2D eigenvalue weighted by Crippen LogP contribution is 2.32.